The molecule has 1 fully saturated rings. The van der Waals surface area contributed by atoms with Crippen LogP contribution in [0.3, 0.4) is 0 Å². The van der Waals surface area contributed by atoms with Gasteiger partial charge in [-0.1, -0.05) is 35.9 Å². The second kappa shape index (κ2) is 9.91. The van der Waals surface area contributed by atoms with Crippen LogP contribution in [0.1, 0.15) is 34.3 Å². The summed E-state index contributed by atoms with van der Waals surface area (Å²) in [5.41, 5.74) is 2.61. The number of hydrogen-bond donors (Lipinski definition) is 3. The molecule has 1 unspecified atom stereocenters. The van der Waals surface area contributed by atoms with Gasteiger partial charge in [-0.3, -0.25) is 14.4 Å². The SMILES string of the molecule is Cc1ccc(CN2CC(C(=O)NCCCNC(=O)c3cccc(O)c3)CC2=O)cc1. The number of aryl methyl sites for hydroxylation is 1. The van der Waals surface area contributed by atoms with Crippen LogP contribution in [-0.2, 0) is 16.1 Å². The molecule has 3 N–H and O–H groups in total. The number of phenols is 1. The van der Waals surface area contributed by atoms with E-state index in [0.29, 0.717) is 38.2 Å². The molecule has 1 saturated heterocycles. The topological polar surface area (TPSA) is 98.7 Å². The van der Waals surface area contributed by atoms with E-state index in [0.717, 1.165) is 5.56 Å². The van der Waals surface area contributed by atoms with Gasteiger partial charge in [0.2, 0.25) is 11.8 Å². The van der Waals surface area contributed by atoms with Crippen LogP contribution < -0.4 is 10.6 Å². The first kappa shape index (κ1) is 21.4. The number of rotatable bonds is 8. The molecular formula is C23H27N3O4. The molecule has 0 bridgehead atoms. The summed E-state index contributed by atoms with van der Waals surface area (Å²) < 4.78 is 0. The fourth-order valence-corrected chi connectivity index (χ4v) is 3.41. The van der Waals surface area contributed by atoms with Gasteiger partial charge in [0.15, 0.2) is 0 Å². The molecule has 30 heavy (non-hydrogen) atoms. The van der Waals surface area contributed by atoms with Gasteiger partial charge in [-0.15, -0.1) is 0 Å². The van der Waals surface area contributed by atoms with Gasteiger partial charge in [0, 0.05) is 38.2 Å². The normalized spacial score (nSPS) is 15.8. The molecular weight excluding hydrogens is 382 g/mol. The van der Waals surface area contributed by atoms with Crippen LogP contribution >= 0.6 is 0 Å². The predicted octanol–water partition coefficient (Wildman–Crippen LogP) is 1.99. The van der Waals surface area contributed by atoms with E-state index in [-0.39, 0.29) is 35.8 Å². The van der Waals surface area contributed by atoms with Gasteiger partial charge in [-0.25, -0.2) is 0 Å². The number of hydrogen-bond acceptors (Lipinski definition) is 4. The summed E-state index contributed by atoms with van der Waals surface area (Å²) in [4.78, 5) is 38.4. The van der Waals surface area contributed by atoms with E-state index in [1.807, 2.05) is 31.2 Å². The lowest BCUT2D eigenvalue weighted by atomic mass is 10.1. The zero-order valence-electron chi connectivity index (χ0n) is 17.1. The molecule has 2 aromatic carbocycles. The highest BCUT2D eigenvalue weighted by molar-refractivity contribution is 5.94. The van der Waals surface area contributed by atoms with Crippen LogP contribution in [0.5, 0.6) is 5.75 Å². The standard InChI is InChI=1S/C23H27N3O4/c1-16-6-8-17(9-7-16)14-26-15-19(13-21(26)28)23(30)25-11-3-10-24-22(29)18-4-2-5-20(27)12-18/h2,4-9,12,19,27H,3,10-11,13-15H2,1H3,(H,24,29)(H,25,30). The number of benzene rings is 2. The van der Waals surface area contributed by atoms with Gasteiger partial charge in [0.1, 0.15) is 5.75 Å². The van der Waals surface area contributed by atoms with Crippen molar-refractivity contribution < 1.29 is 19.5 Å². The zero-order valence-corrected chi connectivity index (χ0v) is 17.1. The summed E-state index contributed by atoms with van der Waals surface area (Å²) in [6.45, 7) is 3.78. The number of phenolic OH excluding ortho intramolecular Hbond substituents is 1. The summed E-state index contributed by atoms with van der Waals surface area (Å²) in [6.07, 6.45) is 0.802. The van der Waals surface area contributed by atoms with Gasteiger partial charge < -0.3 is 20.6 Å². The Hall–Kier alpha value is -3.35. The molecule has 1 aliphatic heterocycles. The zero-order chi connectivity index (χ0) is 21.5. The average molecular weight is 409 g/mol. The number of nitrogens with one attached hydrogen (secondary N) is 2. The van der Waals surface area contributed by atoms with Crippen molar-refractivity contribution >= 4 is 17.7 Å². The van der Waals surface area contributed by atoms with Crippen LogP contribution in [0.25, 0.3) is 0 Å². The lowest BCUT2D eigenvalue weighted by Crippen LogP contribution is -2.35. The van der Waals surface area contributed by atoms with E-state index in [1.165, 1.54) is 17.7 Å². The lowest BCUT2D eigenvalue weighted by molar-refractivity contribution is -0.129. The maximum absolute atomic E-state index is 12.4. The number of aromatic hydroxyl groups is 1. The first-order valence-corrected chi connectivity index (χ1v) is 10.1. The van der Waals surface area contributed by atoms with Crippen LogP contribution in [0.15, 0.2) is 48.5 Å². The second-order valence-corrected chi connectivity index (χ2v) is 7.61. The van der Waals surface area contributed by atoms with Crippen molar-refractivity contribution in [3.8, 4) is 5.75 Å². The second-order valence-electron chi connectivity index (χ2n) is 7.61. The van der Waals surface area contributed by atoms with E-state index in [1.54, 1.807) is 17.0 Å². The van der Waals surface area contributed by atoms with Gasteiger partial charge in [-0.05, 0) is 37.1 Å². The summed E-state index contributed by atoms with van der Waals surface area (Å²) in [5, 5.41) is 15.0. The Morgan fingerprint density at radius 3 is 2.57 bits per heavy atom. The van der Waals surface area contributed by atoms with Crippen LogP contribution in [-0.4, -0.2) is 47.4 Å². The summed E-state index contributed by atoms with van der Waals surface area (Å²) >= 11 is 0. The molecule has 1 aliphatic rings. The minimum Gasteiger partial charge on any atom is -0.508 e. The number of amides is 3. The molecule has 7 heteroatoms. The molecule has 158 valence electrons. The van der Waals surface area contributed by atoms with E-state index in [4.69, 9.17) is 0 Å². The summed E-state index contributed by atoms with van der Waals surface area (Å²) in [5.74, 6) is -0.712. The largest absolute Gasteiger partial charge is 0.508 e. The third-order valence-corrected chi connectivity index (χ3v) is 5.13. The Morgan fingerprint density at radius 2 is 1.83 bits per heavy atom. The van der Waals surface area contributed by atoms with Crippen molar-refractivity contribution in [2.75, 3.05) is 19.6 Å². The van der Waals surface area contributed by atoms with Crippen molar-refractivity contribution in [1.82, 2.24) is 15.5 Å². The van der Waals surface area contributed by atoms with Gasteiger partial charge in [0.25, 0.3) is 5.91 Å². The number of carbonyl (C=O) groups excluding carboxylic acids is 3. The molecule has 0 spiro atoms. The predicted molar refractivity (Wildman–Crippen MR) is 113 cm³/mol. The molecule has 1 atom stereocenters. The van der Waals surface area contributed by atoms with Crippen LogP contribution in [0.2, 0.25) is 0 Å². The fraction of sp³-hybridized carbons (Fsp3) is 0.348. The van der Waals surface area contributed by atoms with Crippen molar-refractivity contribution in [3.05, 3.63) is 65.2 Å². The quantitative estimate of drug-likeness (QED) is 0.581. The Bertz CT molecular complexity index is 911. The number of likely N-dealkylation sites (tertiary alicyclic amines) is 1. The highest BCUT2D eigenvalue weighted by Crippen LogP contribution is 2.20. The van der Waals surface area contributed by atoms with Crippen LogP contribution in [0, 0.1) is 12.8 Å². The lowest BCUT2D eigenvalue weighted by Gasteiger charge is -2.17. The van der Waals surface area contributed by atoms with Crippen molar-refractivity contribution in [1.29, 1.82) is 0 Å². The maximum Gasteiger partial charge on any atom is 0.251 e. The molecule has 0 aliphatic carbocycles. The smallest absolute Gasteiger partial charge is 0.251 e. The minimum absolute atomic E-state index is 0.00546. The Labute approximate surface area is 176 Å². The third-order valence-electron chi connectivity index (χ3n) is 5.13. The first-order valence-electron chi connectivity index (χ1n) is 10.1. The average Bonchev–Trinajstić information content (AvgIpc) is 3.09. The van der Waals surface area contributed by atoms with Gasteiger partial charge in [-0.2, -0.15) is 0 Å². The summed E-state index contributed by atoms with van der Waals surface area (Å²) in [6, 6.07) is 14.2. The Balaban J connectivity index is 1.36. The highest BCUT2D eigenvalue weighted by Gasteiger charge is 2.33. The maximum atomic E-state index is 12.4. The fourth-order valence-electron chi connectivity index (χ4n) is 3.41. The van der Waals surface area contributed by atoms with Crippen LogP contribution in [0.4, 0.5) is 0 Å². The van der Waals surface area contributed by atoms with Gasteiger partial charge >= 0.3 is 0 Å². The Morgan fingerprint density at radius 1 is 1.10 bits per heavy atom. The molecule has 0 aromatic heterocycles. The third kappa shape index (κ3) is 5.83. The van der Waals surface area contributed by atoms with Gasteiger partial charge in [0.05, 0.1) is 5.92 Å². The first-order chi connectivity index (χ1) is 14.4. The molecule has 2 aromatic rings. The minimum atomic E-state index is -0.343. The monoisotopic (exact) mass is 409 g/mol. The molecule has 1 heterocycles. The van der Waals surface area contributed by atoms with E-state index in [9.17, 15) is 19.5 Å². The molecule has 3 rings (SSSR count). The van der Waals surface area contributed by atoms with E-state index < -0.39 is 0 Å². The number of nitrogens with zero attached hydrogens (tertiary/aromatic N) is 1. The van der Waals surface area contributed by atoms with Crippen molar-refractivity contribution in [2.24, 2.45) is 5.92 Å². The van der Waals surface area contributed by atoms with E-state index in [2.05, 4.69) is 10.6 Å². The highest BCUT2D eigenvalue weighted by atomic mass is 16.3. The summed E-state index contributed by atoms with van der Waals surface area (Å²) in [7, 11) is 0. The van der Waals surface area contributed by atoms with Crippen molar-refractivity contribution in [2.45, 2.75) is 26.3 Å². The van der Waals surface area contributed by atoms with Crippen molar-refractivity contribution in [3.63, 3.8) is 0 Å². The molecule has 7 nitrogen and oxygen atoms in total. The Kier molecular flexibility index (Phi) is 7.06. The molecule has 0 saturated carbocycles. The number of carbonyl (C=O) groups is 3. The van der Waals surface area contributed by atoms with E-state index >= 15 is 0 Å². The molecule has 3 amide bonds. The molecule has 0 radical (unpaired) electrons.